The monoisotopic (exact) mass is 287 g/mol. The summed E-state index contributed by atoms with van der Waals surface area (Å²) in [5.41, 5.74) is -0.746. The molecule has 1 aromatic rings. The summed E-state index contributed by atoms with van der Waals surface area (Å²) in [7, 11) is 0. The maximum Gasteiger partial charge on any atom is 0.416 e. The molecule has 0 radical (unpaired) electrons. The van der Waals surface area contributed by atoms with Gasteiger partial charge in [0.1, 0.15) is 0 Å². The molecule has 0 aliphatic carbocycles. The van der Waals surface area contributed by atoms with Gasteiger partial charge >= 0.3 is 6.18 Å². The van der Waals surface area contributed by atoms with Crippen LogP contribution in [0.1, 0.15) is 55.5 Å². The van der Waals surface area contributed by atoms with Gasteiger partial charge in [-0.05, 0) is 31.0 Å². The number of carbonyl (C=O) groups is 1. The highest BCUT2D eigenvalue weighted by Gasteiger charge is 2.31. The lowest BCUT2D eigenvalue weighted by molar-refractivity contribution is -0.137. The highest BCUT2D eigenvalue weighted by Crippen LogP contribution is 2.29. The summed E-state index contributed by atoms with van der Waals surface area (Å²) in [6.45, 7) is 4.03. The molecule has 1 N–H and O–H groups in total. The number of alkyl halides is 3. The molecule has 1 rings (SSSR count). The molecular weight excluding hydrogens is 267 g/mol. The van der Waals surface area contributed by atoms with Crippen molar-refractivity contribution in [3.05, 3.63) is 35.4 Å². The fraction of sp³-hybridized carbons (Fsp3) is 0.533. The Morgan fingerprint density at radius 1 is 1.20 bits per heavy atom. The number of amides is 1. The van der Waals surface area contributed by atoms with Crippen LogP contribution in [-0.4, -0.2) is 11.9 Å². The number of hydrogen-bond acceptors (Lipinski definition) is 1. The van der Waals surface area contributed by atoms with Crippen molar-refractivity contribution < 1.29 is 18.0 Å². The molecule has 1 amide bonds. The van der Waals surface area contributed by atoms with Gasteiger partial charge in [-0.2, -0.15) is 13.2 Å². The van der Waals surface area contributed by atoms with Crippen LogP contribution < -0.4 is 5.32 Å². The molecular formula is C15H20F3NO. The minimum Gasteiger partial charge on any atom is -0.349 e. The molecule has 0 atom stereocenters. The maximum atomic E-state index is 12.6. The topological polar surface area (TPSA) is 29.1 Å². The van der Waals surface area contributed by atoms with Crippen molar-refractivity contribution in [2.45, 2.75) is 51.7 Å². The average Bonchev–Trinajstić information content (AvgIpc) is 2.38. The molecule has 1 aromatic carbocycles. The van der Waals surface area contributed by atoms with E-state index in [0.717, 1.165) is 37.8 Å². The average molecular weight is 287 g/mol. The Balaban J connectivity index is 2.81. The largest absolute Gasteiger partial charge is 0.416 e. The van der Waals surface area contributed by atoms with Gasteiger partial charge in [0.25, 0.3) is 5.91 Å². The molecule has 0 bridgehead atoms. The first kappa shape index (κ1) is 16.5. The molecule has 0 aliphatic rings. The van der Waals surface area contributed by atoms with Gasteiger partial charge in [-0.25, -0.2) is 0 Å². The van der Waals surface area contributed by atoms with Gasteiger partial charge in [0.15, 0.2) is 0 Å². The number of carbonyl (C=O) groups excluding carboxylic acids is 1. The standard InChI is InChI=1S/C15H20F3NO/c1-3-6-13(7-4-2)19-14(20)11-8-5-9-12(10-11)15(16,17)18/h5,8-10,13H,3-4,6-7H2,1-2H3,(H,19,20). The number of halogens is 3. The molecule has 0 aromatic heterocycles. The van der Waals surface area contributed by atoms with E-state index in [0.29, 0.717) is 0 Å². The third-order valence-corrected chi connectivity index (χ3v) is 3.06. The van der Waals surface area contributed by atoms with Gasteiger partial charge < -0.3 is 5.32 Å². The lowest BCUT2D eigenvalue weighted by Crippen LogP contribution is -2.34. The van der Waals surface area contributed by atoms with Crippen LogP contribution >= 0.6 is 0 Å². The Morgan fingerprint density at radius 2 is 1.80 bits per heavy atom. The second kappa shape index (κ2) is 7.31. The molecule has 0 spiro atoms. The zero-order chi connectivity index (χ0) is 15.2. The fourth-order valence-electron chi connectivity index (χ4n) is 2.09. The van der Waals surface area contributed by atoms with Crippen molar-refractivity contribution in [1.82, 2.24) is 5.32 Å². The van der Waals surface area contributed by atoms with Crippen molar-refractivity contribution in [3.63, 3.8) is 0 Å². The van der Waals surface area contributed by atoms with Gasteiger partial charge in [0.2, 0.25) is 0 Å². The minimum atomic E-state index is -4.43. The van der Waals surface area contributed by atoms with E-state index >= 15 is 0 Å². The lowest BCUT2D eigenvalue weighted by Gasteiger charge is -2.17. The minimum absolute atomic E-state index is 0.0204. The van der Waals surface area contributed by atoms with E-state index in [1.807, 2.05) is 13.8 Å². The highest BCUT2D eigenvalue weighted by atomic mass is 19.4. The highest BCUT2D eigenvalue weighted by molar-refractivity contribution is 5.94. The number of hydrogen-bond donors (Lipinski definition) is 1. The van der Waals surface area contributed by atoms with Gasteiger partial charge in [-0.15, -0.1) is 0 Å². The van der Waals surface area contributed by atoms with Crippen LogP contribution in [0.5, 0.6) is 0 Å². The van der Waals surface area contributed by atoms with E-state index in [1.165, 1.54) is 12.1 Å². The van der Waals surface area contributed by atoms with E-state index in [1.54, 1.807) is 0 Å². The maximum absolute atomic E-state index is 12.6. The van der Waals surface area contributed by atoms with Crippen LogP contribution in [0, 0.1) is 0 Å². The summed E-state index contributed by atoms with van der Waals surface area (Å²) >= 11 is 0. The summed E-state index contributed by atoms with van der Waals surface area (Å²) in [4.78, 5) is 12.0. The zero-order valence-electron chi connectivity index (χ0n) is 11.8. The van der Waals surface area contributed by atoms with E-state index < -0.39 is 17.6 Å². The molecule has 0 saturated carbocycles. The SMILES string of the molecule is CCCC(CCC)NC(=O)c1cccc(C(F)(F)F)c1. The van der Waals surface area contributed by atoms with Crippen molar-refractivity contribution in [2.75, 3.05) is 0 Å². The third kappa shape index (κ3) is 4.87. The normalized spacial score (nSPS) is 11.7. The molecule has 0 unspecified atom stereocenters. The Bertz CT molecular complexity index is 437. The molecule has 112 valence electrons. The number of rotatable bonds is 6. The summed E-state index contributed by atoms with van der Waals surface area (Å²) in [6.07, 6.45) is -0.916. The van der Waals surface area contributed by atoms with Crippen molar-refractivity contribution in [1.29, 1.82) is 0 Å². The second-order valence-corrected chi connectivity index (χ2v) is 4.83. The van der Waals surface area contributed by atoms with Gasteiger partial charge in [0, 0.05) is 11.6 Å². The van der Waals surface area contributed by atoms with Gasteiger partial charge in [-0.3, -0.25) is 4.79 Å². The Morgan fingerprint density at radius 3 is 2.30 bits per heavy atom. The predicted octanol–water partition coefficient (Wildman–Crippen LogP) is 4.40. The molecule has 5 heteroatoms. The van der Waals surface area contributed by atoms with E-state index in [2.05, 4.69) is 5.32 Å². The summed E-state index contributed by atoms with van der Waals surface area (Å²) < 4.78 is 37.8. The molecule has 20 heavy (non-hydrogen) atoms. The third-order valence-electron chi connectivity index (χ3n) is 3.06. The molecule has 0 aliphatic heterocycles. The van der Waals surface area contributed by atoms with E-state index in [4.69, 9.17) is 0 Å². The second-order valence-electron chi connectivity index (χ2n) is 4.83. The fourth-order valence-corrected chi connectivity index (χ4v) is 2.09. The van der Waals surface area contributed by atoms with Crippen molar-refractivity contribution >= 4 is 5.91 Å². The number of benzene rings is 1. The van der Waals surface area contributed by atoms with Crippen molar-refractivity contribution in [2.24, 2.45) is 0 Å². The molecule has 0 heterocycles. The van der Waals surface area contributed by atoms with E-state index in [-0.39, 0.29) is 11.6 Å². The van der Waals surface area contributed by atoms with E-state index in [9.17, 15) is 18.0 Å². The predicted molar refractivity (Wildman–Crippen MR) is 72.5 cm³/mol. The zero-order valence-corrected chi connectivity index (χ0v) is 11.8. The Hall–Kier alpha value is -1.52. The van der Waals surface area contributed by atoms with Crippen LogP contribution in [0.2, 0.25) is 0 Å². The van der Waals surface area contributed by atoms with Gasteiger partial charge in [-0.1, -0.05) is 32.8 Å². The summed E-state index contributed by atoms with van der Waals surface area (Å²) in [5, 5.41) is 2.81. The Kier molecular flexibility index (Phi) is 6.05. The van der Waals surface area contributed by atoms with Crippen LogP contribution in [0.4, 0.5) is 13.2 Å². The number of nitrogens with one attached hydrogen (secondary N) is 1. The van der Waals surface area contributed by atoms with Crippen LogP contribution in [0.25, 0.3) is 0 Å². The quantitative estimate of drug-likeness (QED) is 0.825. The lowest BCUT2D eigenvalue weighted by atomic mass is 10.1. The smallest absolute Gasteiger partial charge is 0.349 e. The molecule has 0 fully saturated rings. The van der Waals surface area contributed by atoms with Crippen LogP contribution in [0.3, 0.4) is 0 Å². The van der Waals surface area contributed by atoms with Gasteiger partial charge in [0.05, 0.1) is 5.56 Å². The molecule has 2 nitrogen and oxygen atoms in total. The van der Waals surface area contributed by atoms with Crippen molar-refractivity contribution in [3.8, 4) is 0 Å². The summed E-state index contributed by atoms with van der Waals surface area (Å²) in [5.74, 6) is -0.442. The molecule has 0 saturated heterocycles. The first-order valence-corrected chi connectivity index (χ1v) is 6.86. The summed E-state index contributed by atoms with van der Waals surface area (Å²) in [6, 6.07) is 4.54. The first-order chi connectivity index (χ1) is 9.38. The van der Waals surface area contributed by atoms with Crippen LogP contribution in [0.15, 0.2) is 24.3 Å². The van der Waals surface area contributed by atoms with Crippen LogP contribution in [-0.2, 0) is 6.18 Å². The first-order valence-electron chi connectivity index (χ1n) is 6.86. The Labute approximate surface area is 117 Å².